The third kappa shape index (κ3) is 3.47. The highest BCUT2D eigenvalue weighted by Gasteiger charge is 2.38. The number of carbonyl (C=O) groups is 2. The van der Waals surface area contributed by atoms with Crippen molar-refractivity contribution in [3.8, 4) is 12.3 Å². The van der Waals surface area contributed by atoms with Crippen LogP contribution in [0.1, 0.15) is 20.8 Å². The molecular weight excluding hydrogens is 234 g/mol. The molecule has 0 aromatic rings. The number of amides is 1. The second-order valence-corrected chi connectivity index (χ2v) is 5.31. The molecule has 1 heterocycles. The first-order valence-electron chi connectivity index (χ1n) is 5.80. The van der Waals surface area contributed by atoms with E-state index in [0.29, 0.717) is 6.61 Å². The summed E-state index contributed by atoms with van der Waals surface area (Å²) in [6, 6.07) is -0.358. The van der Waals surface area contributed by atoms with Crippen LogP contribution in [-0.2, 0) is 14.3 Å². The summed E-state index contributed by atoms with van der Waals surface area (Å²) in [6.07, 6.45) is 4.62. The predicted molar refractivity (Wildman–Crippen MR) is 65.9 cm³/mol. The molecule has 2 unspecified atom stereocenters. The first kappa shape index (κ1) is 14.5. The van der Waals surface area contributed by atoms with Crippen molar-refractivity contribution in [3.05, 3.63) is 0 Å². The van der Waals surface area contributed by atoms with E-state index in [1.165, 1.54) is 4.90 Å². The fraction of sp³-hybridized carbons (Fsp3) is 0.692. The molecule has 0 aromatic carbocycles. The minimum atomic E-state index is -0.573. The topological polar surface area (TPSA) is 55.8 Å². The molecule has 2 atom stereocenters. The first-order valence-corrected chi connectivity index (χ1v) is 5.80. The average molecular weight is 253 g/mol. The highest BCUT2D eigenvalue weighted by molar-refractivity contribution is 5.97. The van der Waals surface area contributed by atoms with Gasteiger partial charge in [0.15, 0.2) is 0 Å². The van der Waals surface area contributed by atoms with Gasteiger partial charge in [-0.05, 0) is 26.7 Å². The lowest BCUT2D eigenvalue weighted by Crippen LogP contribution is -2.45. The molecule has 0 N–H and O–H groups in total. The van der Waals surface area contributed by atoms with Gasteiger partial charge in [0.25, 0.3) is 0 Å². The van der Waals surface area contributed by atoms with Crippen LogP contribution in [0.25, 0.3) is 0 Å². The molecule has 5 heteroatoms. The summed E-state index contributed by atoms with van der Waals surface area (Å²) < 4.78 is 10.5. The molecule has 1 amide bonds. The zero-order chi connectivity index (χ0) is 13.9. The minimum absolute atomic E-state index is 0.251. The number of ether oxygens (including phenoxy) is 2. The molecule has 1 fully saturated rings. The second-order valence-electron chi connectivity index (χ2n) is 5.31. The lowest BCUT2D eigenvalue weighted by atomic mass is 9.98. The Morgan fingerprint density at radius 2 is 2.00 bits per heavy atom. The maximum Gasteiger partial charge on any atom is 0.410 e. The lowest BCUT2D eigenvalue weighted by Gasteiger charge is -2.29. The lowest BCUT2D eigenvalue weighted by molar-refractivity contribution is -0.118. The summed E-state index contributed by atoms with van der Waals surface area (Å²) in [6.45, 7) is 5.91. The number of rotatable bonds is 2. The highest BCUT2D eigenvalue weighted by atomic mass is 16.6. The molecule has 0 aliphatic carbocycles. The van der Waals surface area contributed by atoms with E-state index in [1.807, 2.05) is 0 Å². The molecule has 5 nitrogen and oxygen atoms in total. The van der Waals surface area contributed by atoms with Crippen molar-refractivity contribution in [1.29, 1.82) is 0 Å². The largest absolute Gasteiger partial charge is 0.444 e. The molecule has 0 radical (unpaired) electrons. The molecule has 0 aromatic heterocycles. The van der Waals surface area contributed by atoms with Crippen LogP contribution in [0.3, 0.4) is 0 Å². The van der Waals surface area contributed by atoms with Crippen LogP contribution in [0, 0.1) is 18.3 Å². The molecule has 0 bridgehead atoms. The molecule has 1 rings (SSSR count). The van der Waals surface area contributed by atoms with Gasteiger partial charge in [0.05, 0.1) is 25.2 Å². The van der Waals surface area contributed by atoms with Gasteiger partial charge >= 0.3 is 6.09 Å². The maximum absolute atomic E-state index is 11.9. The summed E-state index contributed by atoms with van der Waals surface area (Å²) >= 11 is 0. The Hall–Kier alpha value is -1.54. The molecule has 100 valence electrons. The van der Waals surface area contributed by atoms with Crippen molar-refractivity contribution >= 4 is 11.9 Å². The number of hydrogen-bond donors (Lipinski definition) is 0. The number of terminal acetylenes is 1. The van der Waals surface area contributed by atoms with Gasteiger partial charge in [0.1, 0.15) is 5.60 Å². The van der Waals surface area contributed by atoms with Crippen LogP contribution in [-0.4, -0.2) is 48.7 Å². The van der Waals surface area contributed by atoms with E-state index in [4.69, 9.17) is 15.9 Å². The Kier molecular flexibility index (Phi) is 4.36. The normalized spacial score (nSPS) is 23.3. The van der Waals surface area contributed by atoms with Gasteiger partial charge in [-0.25, -0.2) is 4.79 Å². The Balaban J connectivity index is 2.71. The molecule has 0 spiro atoms. The number of carbonyl (C=O) groups excluding carboxylic acids is 2. The van der Waals surface area contributed by atoms with Gasteiger partial charge in [0, 0.05) is 7.05 Å². The van der Waals surface area contributed by atoms with Crippen molar-refractivity contribution in [3.63, 3.8) is 0 Å². The van der Waals surface area contributed by atoms with Gasteiger partial charge in [0.2, 0.25) is 5.78 Å². The number of ketones is 1. The van der Waals surface area contributed by atoms with Crippen LogP contribution < -0.4 is 0 Å². The third-order valence-electron chi connectivity index (χ3n) is 2.71. The molecular formula is C13H19NO4. The third-order valence-corrected chi connectivity index (χ3v) is 2.71. The van der Waals surface area contributed by atoms with E-state index in [2.05, 4.69) is 5.92 Å². The van der Waals surface area contributed by atoms with E-state index in [-0.39, 0.29) is 18.4 Å². The second kappa shape index (κ2) is 5.40. The summed E-state index contributed by atoms with van der Waals surface area (Å²) in [7, 11) is 1.59. The summed E-state index contributed by atoms with van der Waals surface area (Å²) in [5.74, 6) is 1.28. The van der Waals surface area contributed by atoms with Crippen LogP contribution in [0.5, 0.6) is 0 Å². The van der Waals surface area contributed by atoms with Gasteiger partial charge < -0.3 is 14.4 Å². The molecule has 1 aliphatic rings. The number of nitrogens with zero attached hydrogens (tertiary/aromatic N) is 1. The zero-order valence-electron chi connectivity index (χ0n) is 11.2. The van der Waals surface area contributed by atoms with E-state index in [9.17, 15) is 9.59 Å². The molecule has 1 saturated heterocycles. The van der Waals surface area contributed by atoms with Gasteiger partial charge in [-0.2, -0.15) is 0 Å². The SMILES string of the molecule is C#CC(=O)C1COCC1N(C)C(=O)OC(C)(C)C. The van der Waals surface area contributed by atoms with Crippen LogP contribution in [0.4, 0.5) is 4.79 Å². The number of likely N-dealkylation sites (N-methyl/N-ethyl adjacent to an activating group) is 1. The fourth-order valence-electron chi connectivity index (χ4n) is 1.75. The van der Waals surface area contributed by atoms with E-state index in [1.54, 1.807) is 27.8 Å². The number of Topliss-reactive ketones (excluding diaryl/α,β-unsaturated/α-hetero) is 1. The fourth-order valence-corrected chi connectivity index (χ4v) is 1.75. The Bertz CT molecular complexity index is 377. The van der Waals surface area contributed by atoms with Crippen molar-refractivity contribution < 1.29 is 19.1 Å². The van der Waals surface area contributed by atoms with Gasteiger partial charge in [-0.1, -0.05) is 0 Å². The smallest absolute Gasteiger partial charge is 0.410 e. The maximum atomic E-state index is 11.9. The van der Waals surface area contributed by atoms with Crippen LogP contribution in [0.2, 0.25) is 0 Å². The van der Waals surface area contributed by atoms with Crippen molar-refractivity contribution in [2.45, 2.75) is 32.4 Å². The average Bonchev–Trinajstić information content (AvgIpc) is 2.73. The van der Waals surface area contributed by atoms with Crippen molar-refractivity contribution in [2.75, 3.05) is 20.3 Å². The summed E-state index contributed by atoms with van der Waals surface area (Å²) in [5.41, 5.74) is -0.573. The Labute approximate surface area is 107 Å². The van der Waals surface area contributed by atoms with Crippen molar-refractivity contribution in [1.82, 2.24) is 4.90 Å². The summed E-state index contributed by atoms with van der Waals surface area (Å²) in [5, 5.41) is 0. The quantitative estimate of drug-likeness (QED) is 0.545. The monoisotopic (exact) mass is 253 g/mol. The van der Waals surface area contributed by atoms with E-state index >= 15 is 0 Å². The minimum Gasteiger partial charge on any atom is -0.444 e. The van der Waals surface area contributed by atoms with Crippen molar-refractivity contribution in [2.24, 2.45) is 5.92 Å². The van der Waals surface area contributed by atoms with E-state index in [0.717, 1.165) is 0 Å². The summed E-state index contributed by atoms with van der Waals surface area (Å²) in [4.78, 5) is 24.8. The first-order chi connectivity index (χ1) is 8.26. The molecule has 1 aliphatic heterocycles. The molecule has 18 heavy (non-hydrogen) atoms. The van der Waals surface area contributed by atoms with Gasteiger partial charge in [-0.3, -0.25) is 4.79 Å². The van der Waals surface area contributed by atoms with Crippen LogP contribution >= 0.6 is 0 Å². The molecule has 0 saturated carbocycles. The zero-order valence-corrected chi connectivity index (χ0v) is 11.2. The highest BCUT2D eigenvalue weighted by Crippen LogP contribution is 2.21. The Morgan fingerprint density at radius 3 is 2.50 bits per heavy atom. The predicted octanol–water partition coefficient (Wildman–Crippen LogP) is 1.07. The Morgan fingerprint density at radius 1 is 1.39 bits per heavy atom. The van der Waals surface area contributed by atoms with E-state index < -0.39 is 17.6 Å². The van der Waals surface area contributed by atoms with Gasteiger partial charge in [-0.15, -0.1) is 6.42 Å². The van der Waals surface area contributed by atoms with Crippen LogP contribution in [0.15, 0.2) is 0 Å². The standard InChI is InChI=1S/C13H19NO4/c1-6-11(15)9-7-17-8-10(9)14(5)12(16)18-13(2,3)4/h1,9-10H,7-8H2,2-5H3. The number of hydrogen-bond acceptors (Lipinski definition) is 4.